The minimum absolute atomic E-state index is 0.0342. The zero-order chi connectivity index (χ0) is 24.6. The lowest BCUT2D eigenvalue weighted by Crippen LogP contribution is -2.10. The molecule has 0 bridgehead atoms. The Labute approximate surface area is 208 Å². The summed E-state index contributed by atoms with van der Waals surface area (Å²) >= 11 is 1.03. The highest BCUT2D eigenvalue weighted by atomic mass is 32.1. The molecule has 1 aromatic carbocycles. The lowest BCUT2D eigenvalue weighted by molar-refractivity contribution is -0.116. The van der Waals surface area contributed by atoms with Crippen LogP contribution in [0.1, 0.15) is 19.8 Å². The predicted molar refractivity (Wildman–Crippen MR) is 139 cm³/mol. The van der Waals surface area contributed by atoms with Crippen molar-refractivity contribution in [3.8, 4) is 33.2 Å². The van der Waals surface area contributed by atoms with Crippen LogP contribution >= 0.6 is 11.3 Å². The molecule has 0 spiro atoms. The van der Waals surface area contributed by atoms with Crippen LogP contribution in [0.3, 0.4) is 0 Å². The zero-order valence-electron chi connectivity index (χ0n) is 19.2. The Morgan fingerprint density at radius 2 is 1.97 bits per heavy atom. The van der Waals surface area contributed by atoms with E-state index in [1.807, 2.05) is 37.3 Å². The van der Waals surface area contributed by atoms with E-state index in [0.717, 1.165) is 45.3 Å². The number of pyridine rings is 2. The molecule has 6 rings (SSSR count). The fourth-order valence-corrected chi connectivity index (χ4v) is 4.89. The first-order valence-electron chi connectivity index (χ1n) is 11.4. The van der Waals surface area contributed by atoms with Crippen LogP contribution in [-0.4, -0.2) is 36.0 Å². The number of nitrogens with zero attached hydrogens (tertiary/aromatic N) is 4. The number of aromatic nitrogens is 6. The number of fused-ring (bicyclic) bond motifs is 2. The van der Waals surface area contributed by atoms with Gasteiger partial charge in [0, 0.05) is 29.8 Å². The number of halogens is 1. The minimum atomic E-state index is -0.270. The van der Waals surface area contributed by atoms with Gasteiger partial charge in [0.15, 0.2) is 11.0 Å². The molecule has 8 nitrogen and oxygen atoms in total. The van der Waals surface area contributed by atoms with Gasteiger partial charge in [-0.3, -0.25) is 19.9 Å². The molecule has 178 valence electrons. The van der Waals surface area contributed by atoms with E-state index in [1.165, 1.54) is 6.07 Å². The van der Waals surface area contributed by atoms with Crippen molar-refractivity contribution < 1.29 is 9.18 Å². The van der Waals surface area contributed by atoms with Gasteiger partial charge in [0.1, 0.15) is 16.9 Å². The Morgan fingerprint density at radius 3 is 2.81 bits per heavy atom. The third-order valence-corrected chi connectivity index (χ3v) is 6.71. The third kappa shape index (κ3) is 4.01. The first-order chi connectivity index (χ1) is 17.6. The summed E-state index contributed by atoms with van der Waals surface area (Å²) in [5.74, 6) is 0.548. The lowest BCUT2D eigenvalue weighted by Gasteiger charge is -2.07. The van der Waals surface area contributed by atoms with Gasteiger partial charge in [-0.05, 0) is 48.4 Å². The number of thiophene rings is 1. The van der Waals surface area contributed by atoms with Crippen molar-refractivity contribution in [2.24, 2.45) is 0 Å². The number of rotatable bonds is 6. The van der Waals surface area contributed by atoms with Crippen LogP contribution < -0.4 is 5.32 Å². The van der Waals surface area contributed by atoms with Crippen molar-refractivity contribution in [2.75, 3.05) is 5.32 Å². The highest BCUT2D eigenvalue weighted by Crippen LogP contribution is 2.34. The van der Waals surface area contributed by atoms with Crippen LogP contribution in [0, 0.1) is 5.13 Å². The molecule has 0 saturated heterocycles. The van der Waals surface area contributed by atoms with Gasteiger partial charge in [-0.15, -0.1) is 11.3 Å². The number of nitrogens with one attached hydrogen (secondary N) is 3. The van der Waals surface area contributed by atoms with Crippen LogP contribution in [0.5, 0.6) is 0 Å². The number of benzene rings is 1. The van der Waals surface area contributed by atoms with E-state index >= 15 is 0 Å². The Hall–Kier alpha value is -4.44. The zero-order valence-corrected chi connectivity index (χ0v) is 20.0. The van der Waals surface area contributed by atoms with Crippen molar-refractivity contribution in [3.05, 3.63) is 66.2 Å². The molecule has 0 fully saturated rings. The summed E-state index contributed by atoms with van der Waals surface area (Å²) in [7, 11) is 0. The third-order valence-electron chi connectivity index (χ3n) is 5.83. The van der Waals surface area contributed by atoms with E-state index < -0.39 is 0 Å². The molecule has 0 aliphatic carbocycles. The smallest absolute Gasteiger partial charge is 0.224 e. The number of carbonyl (C=O) groups excluding carboxylic acids is 1. The van der Waals surface area contributed by atoms with E-state index in [0.29, 0.717) is 39.7 Å². The van der Waals surface area contributed by atoms with E-state index in [9.17, 15) is 9.18 Å². The van der Waals surface area contributed by atoms with Gasteiger partial charge in [-0.25, -0.2) is 4.98 Å². The Balaban J connectivity index is 1.40. The molecule has 0 unspecified atom stereocenters. The van der Waals surface area contributed by atoms with Crippen LogP contribution in [0.4, 0.5) is 10.1 Å². The number of hydrogen-bond donors (Lipinski definition) is 3. The number of carbonyl (C=O) groups is 1. The van der Waals surface area contributed by atoms with E-state index in [-0.39, 0.29) is 11.0 Å². The number of imidazole rings is 1. The monoisotopic (exact) mass is 497 g/mol. The second-order valence-electron chi connectivity index (χ2n) is 8.34. The largest absolute Gasteiger partial charge is 0.336 e. The molecule has 6 aromatic rings. The summed E-state index contributed by atoms with van der Waals surface area (Å²) in [5.41, 5.74) is 6.03. The molecule has 5 aromatic heterocycles. The van der Waals surface area contributed by atoms with Gasteiger partial charge in [-0.2, -0.15) is 9.49 Å². The molecule has 0 aliphatic rings. The van der Waals surface area contributed by atoms with Crippen LogP contribution in [-0.2, 0) is 4.79 Å². The molecule has 10 heteroatoms. The minimum Gasteiger partial charge on any atom is -0.336 e. The van der Waals surface area contributed by atoms with E-state index in [1.54, 1.807) is 24.7 Å². The first-order valence-corrected chi connectivity index (χ1v) is 12.2. The molecule has 0 radical (unpaired) electrons. The van der Waals surface area contributed by atoms with Gasteiger partial charge in [0.2, 0.25) is 5.91 Å². The van der Waals surface area contributed by atoms with Crippen molar-refractivity contribution in [3.63, 3.8) is 0 Å². The highest BCUT2D eigenvalue weighted by Gasteiger charge is 2.17. The maximum absolute atomic E-state index is 13.6. The maximum Gasteiger partial charge on any atom is 0.224 e. The van der Waals surface area contributed by atoms with E-state index in [4.69, 9.17) is 4.98 Å². The number of amides is 1. The molecule has 1 amide bonds. The number of anilines is 1. The second-order valence-corrected chi connectivity index (χ2v) is 9.37. The Kier molecular flexibility index (Phi) is 5.49. The predicted octanol–water partition coefficient (Wildman–Crippen LogP) is 6.17. The average molecular weight is 498 g/mol. The van der Waals surface area contributed by atoms with Crippen LogP contribution in [0.15, 0.2) is 61.1 Å². The van der Waals surface area contributed by atoms with Crippen LogP contribution in [0.25, 0.3) is 55.2 Å². The fourth-order valence-electron chi connectivity index (χ4n) is 4.16. The maximum atomic E-state index is 13.6. The summed E-state index contributed by atoms with van der Waals surface area (Å²) in [6, 6.07) is 12.8. The van der Waals surface area contributed by atoms with Gasteiger partial charge in [0.25, 0.3) is 0 Å². The first kappa shape index (κ1) is 22.1. The van der Waals surface area contributed by atoms with E-state index in [2.05, 4.69) is 30.5 Å². The quantitative estimate of drug-likeness (QED) is 0.255. The highest BCUT2D eigenvalue weighted by molar-refractivity contribution is 7.13. The summed E-state index contributed by atoms with van der Waals surface area (Å²) in [6.45, 7) is 1.97. The van der Waals surface area contributed by atoms with Crippen LogP contribution in [0.2, 0.25) is 0 Å². The van der Waals surface area contributed by atoms with Crippen molar-refractivity contribution >= 4 is 44.9 Å². The van der Waals surface area contributed by atoms with Crippen molar-refractivity contribution in [2.45, 2.75) is 19.8 Å². The van der Waals surface area contributed by atoms with Gasteiger partial charge in [-0.1, -0.05) is 13.0 Å². The molecule has 0 atom stereocenters. The topological polar surface area (TPSA) is 112 Å². The van der Waals surface area contributed by atoms with Gasteiger partial charge >= 0.3 is 0 Å². The Morgan fingerprint density at radius 1 is 1.06 bits per heavy atom. The number of aromatic amines is 2. The Bertz CT molecular complexity index is 1740. The SMILES string of the molecule is CCCC(=O)Nc1cncc(-c2ccc3[nH]nc(-c4nc5c(-c6ccc(F)s6)nccc5[nH]4)c3c2)c1. The molecule has 0 saturated carbocycles. The second kappa shape index (κ2) is 8.97. The normalized spacial score (nSPS) is 11.4. The summed E-state index contributed by atoms with van der Waals surface area (Å²) in [6.07, 6.45) is 6.32. The van der Waals surface area contributed by atoms with Gasteiger partial charge < -0.3 is 10.3 Å². The molecule has 36 heavy (non-hydrogen) atoms. The average Bonchev–Trinajstić information content (AvgIpc) is 3.61. The lowest BCUT2D eigenvalue weighted by atomic mass is 10.0. The van der Waals surface area contributed by atoms with Crippen molar-refractivity contribution in [1.82, 2.24) is 30.1 Å². The van der Waals surface area contributed by atoms with Crippen molar-refractivity contribution in [1.29, 1.82) is 0 Å². The molecule has 3 N–H and O–H groups in total. The number of hydrogen-bond acceptors (Lipinski definition) is 6. The molecular formula is C26H20FN7OS. The molecular weight excluding hydrogens is 477 g/mol. The number of H-pyrrole nitrogens is 2. The van der Waals surface area contributed by atoms with Gasteiger partial charge in [0.05, 0.1) is 27.8 Å². The standard InChI is InChI=1S/C26H20FN7OS/c1-2-3-22(35)30-16-10-15(12-28-13-16)14-4-5-18-17(11-14)23(34-33-18)26-31-19-8-9-29-25(24(19)32-26)20-6-7-21(27)36-20/h4-13H,2-3H2,1H3,(H,30,35)(H,31,32)(H,33,34). The summed E-state index contributed by atoms with van der Waals surface area (Å²) in [4.78, 5) is 29.6. The molecule has 0 aliphatic heterocycles. The summed E-state index contributed by atoms with van der Waals surface area (Å²) in [5, 5.41) is 11.1. The summed E-state index contributed by atoms with van der Waals surface area (Å²) < 4.78 is 13.6. The fraction of sp³-hybridized carbons (Fsp3) is 0.115. The molecule has 5 heterocycles.